The van der Waals surface area contributed by atoms with Gasteiger partial charge in [-0.05, 0) is 50.1 Å². The van der Waals surface area contributed by atoms with Crippen molar-refractivity contribution in [3.05, 3.63) is 46.7 Å². The number of benzene rings is 1. The smallest absolute Gasteiger partial charge is 0.276 e. The normalized spacial score (nSPS) is 16.7. The molecule has 1 aromatic heterocycles. The van der Waals surface area contributed by atoms with E-state index < -0.39 is 0 Å². The van der Waals surface area contributed by atoms with Crippen LogP contribution >= 0.6 is 11.6 Å². The Morgan fingerprint density at radius 3 is 2.93 bits per heavy atom. The van der Waals surface area contributed by atoms with Gasteiger partial charge >= 0.3 is 0 Å². The van der Waals surface area contributed by atoms with Crippen LogP contribution in [-0.2, 0) is 0 Å². The number of hydrogen-bond donors (Lipinski definition) is 3. The first-order valence-corrected chi connectivity index (χ1v) is 9.61. The highest BCUT2D eigenvalue weighted by atomic mass is 35.5. The number of aromatic nitrogens is 2. The van der Waals surface area contributed by atoms with Crippen LogP contribution in [0.1, 0.15) is 53.1 Å². The molecule has 3 rings (SSSR count). The fraction of sp³-hybridized carbons (Fsp3) is 0.421. The second-order valence-corrected chi connectivity index (χ2v) is 7.02. The summed E-state index contributed by atoms with van der Waals surface area (Å²) in [6, 6.07) is 6.74. The van der Waals surface area contributed by atoms with Crippen molar-refractivity contribution in [3.63, 3.8) is 0 Å². The summed E-state index contributed by atoms with van der Waals surface area (Å²) in [5, 5.41) is 13.8. The minimum absolute atomic E-state index is 0.248. The van der Waals surface area contributed by atoms with E-state index in [1.165, 1.54) is 0 Å². The summed E-state index contributed by atoms with van der Waals surface area (Å²) >= 11 is 6.05. The first kappa shape index (κ1) is 19.4. The van der Waals surface area contributed by atoms with Gasteiger partial charge in [-0.2, -0.15) is 5.10 Å². The number of rotatable bonds is 6. The zero-order valence-electron chi connectivity index (χ0n) is 15.3. The maximum atomic E-state index is 12.6. The minimum atomic E-state index is -0.371. The molecule has 8 heteroatoms. The number of halogens is 1. The number of hydrogen-bond acceptors (Lipinski definition) is 4. The molecule has 0 aliphatic carbocycles. The second-order valence-electron chi connectivity index (χ2n) is 6.58. The molecule has 1 aromatic carbocycles. The number of piperidine rings is 1. The second kappa shape index (κ2) is 9.01. The summed E-state index contributed by atoms with van der Waals surface area (Å²) in [4.78, 5) is 25.0. The summed E-state index contributed by atoms with van der Waals surface area (Å²) in [5.74, 6) is -0.619. The monoisotopic (exact) mass is 389 g/mol. The van der Waals surface area contributed by atoms with Crippen molar-refractivity contribution in [1.82, 2.24) is 20.4 Å². The Balaban J connectivity index is 1.74. The lowest BCUT2D eigenvalue weighted by Gasteiger charge is -2.22. The van der Waals surface area contributed by atoms with Gasteiger partial charge in [-0.15, -0.1) is 0 Å². The highest BCUT2D eigenvalue weighted by Gasteiger charge is 2.19. The molecular weight excluding hydrogens is 366 g/mol. The van der Waals surface area contributed by atoms with Gasteiger partial charge in [0.2, 0.25) is 0 Å². The van der Waals surface area contributed by atoms with Crippen LogP contribution in [0.25, 0.3) is 0 Å². The fourth-order valence-corrected chi connectivity index (χ4v) is 3.23. The fourth-order valence-electron chi connectivity index (χ4n) is 3.06. The first-order chi connectivity index (χ1) is 13.1. The van der Waals surface area contributed by atoms with E-state index in [0.29, 0.717) is 28.5 Å². The maximum absolute atomic E-state index is 12.6. The van der Waals surface area contributed by atoms with E-state index in [1.54, 1.807) is 24.3 Å². The maximum Gasteiger partial charge on any atom is 0.276 e. The van der Waals surface area contributed by atoms with Gasteiger partial charge in [-0.3, -0.25) is 14.3 Å². The summed E-state index contributed by atoms with van der Waals surface area (Å²) in [7, 11) is 0. The number of amides is 2. The van der Waals surface area contributed by atoms with Gasteiger partial charge in [0.15, 0.2) is 5.69 Å². The highest BCUT2D eigenvalue weighted by molar-refractivity contribution is 6.31. The van der Waals surface area contributed by atoms with E-state index in [0.717, 1.165) is 32.4 Å². The zero-order chi connectivity index (χ0) is 19.2. The molecule has 1 aliphatic rings. The van der Waals surface area contributed by atoms with E-state index in [1.807, 2.05) is 17.8 Å². The largest absolute Gasteiger partial charge is 0.352 e. The first-order valence-electron chi connectivity index (χ1n) is 9.23. The lowest BCUT2D eigenvalue weighted by Crippen LogP contribution is -2.32. The SMILES string of the molecule is CCCNC(=O)c1ccc(Cl)cc1NC(=O)c1ccn(C2CCCNC2)n1. The predicted octanol–water partition coefficient (Wildman–Crippen LogP) is 2.85. The Labute approximate surface area is 163 Å². The number of nitrogens with zero attached hydrogens (tertiary/aromatic N) is 2. The molecule has 1 unspecified atom stereocenters. The Kier molecular flexibility index (Phi) is 6.47. The molecule has 2 aromatic rings. The Morgan fingerprint density at radius 1 is 1.33 bits per heavy atom. The molecule has 0 spiro atoms. The third kappa shape index (κ3) is 4.87. The van der Waals surface area contributed by atoms with Crippen LogP contribution in [0.5, 0.6) is 0 Å². The van der Waals surface area contributed by atoms with Gasteiger partial charge in [0.1, 0.15) is 0 Å². The molecule has 1 aliphatic heterocycles. The number of nitrogens with one attached hydrogen (secondary N) is 3. The Morgan fingerprint density at radius 2 is 2.19 bits per heavy atom. The molecule has 0 radical (unpaired) electrons. The van der Waals surface area contributed by atoms with E-state index in [2.05, 4.69) is 21.0 Å². The van der Waals surface area contributed by atoms with Crippen LogP contribution in [0.2, 0.25) is 5.02 Å². The van der Waals surface area contributed by atoms with Crippen LogP contribution in [0.15, 0.2) is 30.5 Å². The lowest BCUT2D eigenvalue weighted by atomic mass is 10.1. The molecule has 144 valence electrons. The summed E-state index contributed by atoms with van der Waals surface area (Å²) in [6.45, 7) is 4.40. The quantitative estimate of drug-likeness (QED) is 0.708. The summed E-state index contributed by atoms with van der Waals surface area (Å²) < 4.78 is 1.83. The van der Waals surface area contributed by atoms with Crippen LogP contribution < -0.4 is 16.0 Å². The minimum Gasteiger partial charge on any atom is -0.352 e. The molecule has 27 heavy (non-hydrogen) atoms. The standard InChI is InChI=1S/C19H24ClN5O2/c1-2-8-22-18(26)15-6-5-13(20)11-17(15)23-19(27)16-7-10-25(24-16)14-4-3-9-21-12-14/h5-7,10-11,14,21H,2-4,8-9,12H2,1H3,(H,22,26)(H,23,27). The molecule has 1 saturated heterocycles. The lowest BCUT2D eigenvalue weighted by molar-refractivity contribution is 0.0954. The van der Waals surface area contributed by atoms with Gasteiger partial charge in [0, 0.05) is 24.3 Å². The van der Waals surface area contributed by atoms with Crippen molar-refractivity contribution in [2.75, 3.05) is 25.0 Å². The third-order valence-electron chi connectivity index (χ3n) is 4.50. The van der Waals surface area contributed by atoms with Crippen molar-refractivity contribution in [2.45, 2.75) is 32.2 Å². The Bertz CT molecular complexity index is 814. The molecule has 0 saturated carbocycles. The van der Waals surface area contributed by atoms with Gasteiger partial charge in [-0.25, -0.2) is 0 Å². The van der Waals surface area contributed by atoms with Crippen LogP contribution in [0.3, 0.4) is 0 Å². The van der Waals surface area contributed by atoms with E-state index in [9.17, 15) is 9.59 Å². The van der Waals surface area contributed by atoms with Crippen LogP contribution in [0.4, 0.5) is 5.69 Å². The van der Waals surface area contributed by atoms with Crippen molar-refractivity contribution in [3.8, 4) is 0 Å². The third-order valence-corrected chi connectivity index (χ3v) is 4.73. The molecule has 3 N–H and O–H groups in total. The van der Waals surface area contributed by atoms with Crippen LogP contribution in [-0.4, -0.2) is 41.2 Å². The van der Waals surface area contributed by atoms with Gasteiger partial charge in [-0.1, -0.05) is 18.5 Å². The van der Waals surface area contributed by atoms with Gasteiger partial charge < -0.3 is 16.0 Å². The van der Waals surface area contributed by atoms with Crippen molar-refractivity contribution in [1.29, 1.82) is 0 Å². The van der Waals surface area contributed by atoms with E-state index >= 15 is 0 Å². The number of carbonyl (C=O) groups excluding carboxylic acids is 2. The summed E-state index contributed by atoms with van der Waals surface area (Å²) in [6.07, 6.45) is 4.77. The molecule has 1 atom stereocenters. The molecule has 7 nitrogen and oxygen atoms in total. The van der Waals surface area contributed by atoms with Crippen molar-refractivity contribution in [2.24, 2.45) is 0 Å². The Hall–Kier alpha value is -2.38. The average molecular weight is 390 g/mol. The molecule has 2 amide bonds. The molecule has 1 fully saturated rings. The molecular formula is C19H24ClN5O2. The predicted molar refractivity (Wildman–Crippen MR) is 105 cm³/mol. The van der Waals surface area contributed by atoms with E-state index in [-0.39, 0.29) is 17.9 Å². The highest BCUT2D eigenvalue weighted by Crippen LogP contribution is 2.22. The number of carbonyl (C=O) groups is 2. The molecule has 0 bridgehead atoms. The van der Waals surface area contributed by atoms with E-state index in [4.69, 9.17) is 11.6 Å². The summed E-state index contributed by atoms with van der Waals surface area (Å²) in [5.41, 5.74) is 1.05. The zero-order valence-corrected chi connectivity index (χ0v) is 16.1. The van der Waals surface area contributed by atoms with Crippen molar-refractivity contribution >= 4 is 29.1 Å². The van der Waals surface area contributed by atoms with Crippen molar-refractivity contribution < 1.29 is 9.59 Å². The van der Waals surface area contributed by atoms with Crippen LogP contribution in [0, 0.1) is 0 Å². The number of anilines is 1. The van der Waals surface area contributed by atoms with Gasteiger partial charge in [0.05, 0.1) is 17.3 Å². The topological polar surface area (TPSA) is 88.0 Å². The van der Waals surface area contributed by atoms with Gasteiger partial charge in [0.25, 0.3) is 11.8 Å². The average Bonchev–Trinajstić information content (AvgIpc) is 3.17. The molecule has 2 heterocycles.